The maximum absolute atomic E-state index is 11.5. The first-order chi connectivity index (χ1) is 9.63. The van der Waals surface area contributed by atoms with Gasteiger partial charge in [0, 0.05) is 36.5 Å². The van der Waals surface area contributed by atoms with Crippen molar-refractivity contribution in [1.82, 2.24) is 15.5 Å². The molecule has 0 aromatic rings. The summed E-state index contributed by atoms with van der Waals surface area (Å²) in [7, 11) is 0. The van der Waals surface area contributed by atoms with Gasteiger partial charge in [-0.25, -0.2) is 0 Å². The van der Waals surface area contributed by atoms with Gasteiger partial charge in [-0.1, -0.05) is 27.7 Å². The Labute approximate surface area is 152 Å². The van der Waals surface area contributed by atoms with Crippen LogP contribution >= 0.6 is 24.0 Å². The Kier molecular flexibility index (Phi) is 8.16. The molecule has 6 heteroatoms. The zero-order valence-corrected chi connectivity index (χ0v) is 17.4. The molecule has 2 N–H and O–H groups in total. The Morgan fingerprint density at radius 1 is 1.23 bits per heavy atom. The highest BCUT2D eigenvalue weighted by Gasteiger charge is 2.53. The minimum atomic E-state index is 0. The Bertz CT molecular complexity index is 405. The van der Waals surface area contributed by atoms with Gasteiger partial charge in [0.1, 0.15) is 0 Å². The van der Waals surface area contributed by atoms with Crippen molar-refractivity contribution in [2.75, 3.05) is 26.2 Å². The van der Waals surface area contributed by atoms with Gasteiger partial charge < -0.3 is 15.5 Å². The van der Waals surface area contributed by atoms with Crippen LogP contribution < -0.4 is 10.6 Å². The van der Waals surface area contributed by atoms with Gasteiger partial charge in [0.2, 0.25) is 5.91 Å². The van der Waals surface area contributed by atoms with E-state index in [-0.39, 0.29) is 46.8 Å². The van der Waals surface area contributed by atoms with E-state index in [0.29, 0.717) is 13.1 Å². The number of carbonyl (C=O) groups excluding carboxylic acids is 1. The van der Waals surface area contributed by atoms with E-state index in [4.69, 9.17) is 0 Å². The summed E-state index contributed by atoms with van der Waals surface area (Å²) in [6.07, 6.45) is 0. The largest absolute Gasteiger partial charge is 0.356 e. The predicted octanol–water partition coefficient (Wildman–Crippen LogP) is 2.46. The molecule has 22 heavy (non-hydrogen) atoms. The van der Waals surface area contributed by atoms with Crippen LogP contribution in [0.4, 0.5) is 0 Å². The third-order valence-corrected chi connectivity index (χ3v) is 4.67. The number of guanidine groups is 1. The van der Waals surface area contributed by atoms with Gasteiger partial charge in [-0.05, 0) is 20.8 Å². The molecule has 0 unspecified atom stereocenters. The number of nitrogens with one attached hydrogen (secondary N) is 2. The molecule has 1 rings (SSSR count). The first-order valence-electron chi connectivity index (χ1n) is 7.97. The van der Waals surface area contributed by atoms with Gasteiger partial charge in [0.25, 0.3) is 0 Å². The van der Waals surface area contributed by atoms with Crippen LogP contribution in [0.3, 0.4) is 0 Å². The van der Waals surface area contributed by atoms with Crippen LogP contribution in [-0.4, -0.2) is 48.5 Å². The van der Waals surface area contributed by atoms with E-state index in [9.17, 15) is 4.79 Å². The number of amides is 1. The van der Waals surface area contributed by atoms with E-state index >= 15 is 0 Å². The Hall–Kier alpha value is -0.530. The molecule has 0 aromatic heterocycles. The van der Waals surface area contributed by atoms with Crippen LogP contribution in [0.2, 0.25) is 0 Å². The molecule has 1 aliphatic heterocycles. The average Bonchev–Trinajstić information content (AvgIpc) is 2.39. The van der Waals surface area contributed by atoms with Crippen LogP contribution in [0, 0.1) is 11.3 Å². The van der Waals surface area contributed by atoms with Gasteiger partial charge in [-0.3, -0.25) is 9.79 Å². The van der Waals surface area contributed by atoms with Crippen molar-refractivity contribution in [3.8, 4) is 0 Å². The lowest BCUT2D eigenvalue weighted by Crippen LogP contribution is -2.72. The normalized spacial score (nSPS) is 19.3. The number of carbonyl (C=O) groups is 1. The Balaban J connectivity index is 0.00000441. The second-order valence-corrected chi connectivity index (χ2v) is 7.21. The number of halogens is 1. The average molecular weight is 424 g/mol. The number of nitrogens with zero attached hydrogens (tertiary/aromatic N) is 2. The second-order valence-electron chi connectivity index (χ2n) is 7.21. The van der Waals surface area contributed by atoms with Crippen molar-refractivity contribution in [3.63, 3.8) is 0 Å². The molecular formula is C16H33IN4O. The van der Waals surface area contributed by atoms with Crippen molar-refractivity contribution in [1.29, 1.82) is 0 Å². The topological polar surface area (TPSA) is 56.7 Å². The molecule has 0 spiro atoms. The molecule has 0 aromatic carbocycles. The quantitative estimate of drug-likeness (QED) is 0.309. The lowest BCUT2D eigenvalue weighted by atomic mass is 9.65. The van der Waals surface area contributed by atoms with E-state index in [1.165, 1.54) is 0 Å². The predicted molar refractivity (Wildman–Crippen MR) is 104 cm³/mol. The van der Waals surface area contributed by atoms with Crippen LogP contribution in [-0.2, 0) is 4.79 Å². The van der Waals surface area contributed by atoms with Crippen molar-refractivity contribution in [2.24, 2.45) is 16.3 Å². The summed E-state index contributed by atoms with van der Waals surface area (Å²) in [6.45, 7) is 18.0. The van der Waals surface area contributed by atoms with Gasteiger partial charge in [0.15, 0.2) is 5.96 Å². The molecule has 0 radical (unpaired) electrons. The van der Waals surface area contributed by atoms with Crippen LogP contribution in [0.5, 0.6) is 0 Å². The Morgan fingerprint density at radius 2 is 1.82 bits per heavy atom. The third kappa shape index (κ3) is 4.73. The summed E-state index contributed by atoms with van der Waals surface area (Å²) >= 11 is 0. The zero-order valence-electron chi connectivity index (χ0n) is 15.1. The number of hydrogen-bond acceptors (Lipinski definition) is 2. The fourth-order valence-electron chi connectivity index (χ4n) is 2.34. The second kappa shape index (κ2) is 8.36. The summed E-state index contributed by atoms with van der Waals surface area (Å²) in [5, 5.41) is 6.25. The van der Waals surface area contributed by atoms with Gasteiger partial charge in [-0.15, -0.1) is 24.0 Å². The highest BCUT2D eigenvalue weighted by atomic mass is 127. The molecule has 5 nitrogen and oxygen atoms in total. The molecule has 0 atom stereocenters. The number of likely N-dealkylation sites (tertiary alicyclic amines) is 1. The fourth-order valence-corrected chi connectivity index (χ4v) is 2.34. The monoisotopic (exact) mass is 424 g/mol. The first-order valence-corrected chi connectivity index (χ1v) is 7.97. The van der Waals surface area contributed by atoms with E-state index < -0.39 is 0 Å². The molecule has 0 bridgehead atoms. The molecule has 0 saturated carbocycles. The minimum absolute atomic E-state index is 0. The molecule has 1 fully saturated rings. The van der Waals surface area contributed by atoms with Crippen molar-refractivity contribution < 1.29 is 4.79 Å². The number of rotatable bonds is 5. The first kappa shape index (κ1) is 21.5. The molecule has 1 amide bonds. The van der Waals surface area contributed by atoms with Gasteiger partial charge >= 0.3 is 0 Å². The summed E-state index contributed by atoms with van der Waals surface area (Å²) in [5.74, 6) is 1.05. The van der Waals surface area contributed by atoms with Crippen molar-refractivity contribution in [2.45, 2.75) is 54.0 Å². The maximum atomic E-state index is 11.5. The Morgan fingerprint density at radius 3 is 2.23 bits per heavy atom. The standard InChI is InChI=1S/C16H32N4O.HI/c1-8-17-14(19-10-9-18-13(21)12(2)3)20-11-15(4,5)16(20,6)7;/h12H,8-11H2,1-7H3,(H,17,19)(H,18,21);1H. The highest BCUT2D eigenvalue weighted by molar-refractivity contribution is 14.0. The third-order valence-electron chi connectivity index (χ3n) is 4.67. The summed E-state index contributed by atoms with van der Waals surface area (Å²) in [5.41, 5.74) is 0.379. The lowest BCUT2D eigenvalue weighted by Gasteiger charge is -2.62. The van der Waals surface area contributed by atoms with Crippen LogP contribution in [0.15, 0.2) is 4.99 Å². The molecular weight excluding hydrogens is 391 g/mol. The van der Waals surface area contributed by atoms with E-state index in [0.717, 1.165) is 19.0 Å². The molecule has 1 saturated heterocycles. The minimum Gasteiger partial charge on any atom is -0.356 e. The van der Waals surface area contributed by atoms with Crippen LogP contribution in [0.1, 0.15) is 48.5 Å². The van der Waals surface area contributed by atoms with Crippen molar-refractivity contribution >= 4 is 35.8 Å². The highest BCUT2D eigenvalue weighted by Crippen LogP contribution is 2.46. The smallest absolute Gasteiger partial charge is 0.222 e. The van der Waals surface area contributed by atoms with Gasteiger partial charge in [-0.2, -0.15) is 0 Å². The molecule has 0 aliphatic carbocycles. The van der Waals surface area contributed by atoms with E-state index in [1.54, 1.807) is 0 Å². The zero-order chi connectivity index (χ0) is 16.3. The number of hydrogen-bond donors (Lipinski definition) is 2. The van der Waals surface area contributed by atoms with Crippen LogP contribution in [0.25, 0.3) is 0 Å². The molecule has 1 heterocycles. The maximum Gasteiger partial charge on any atom is 0.222 e. The lowest BCUT2D eigenvalue weighted by molar-refractivity contribution is -0.123. The SMILES string of the molecule is CCNC(=NCCNC(=O)C(C)C)N1CC(C)(C)C1(C)C.I. The summed E-state index contributed by atoms with van der Waals surface area (Å²) in [6, 6.07) is 0. The summed E-state index contributed by atoms with van der Waals surface area (Å²) < 4.78 is 0. The summed E-state index contributed by atoms with van der Waals surface area (Å²) in [4.78, 5) is 18.5. The molecule has 1 aliphatic rings. The fraction of sp³-hybridized carbons (Fsp3) is 0.875. The van der Waals surface area contributed by atoms with E-state index in [2.05, 4.69) is 55.1 Å². The number of aliphatic imine (C=N–C) groups is 1. The van der Waals surface area contributed by atoms with Gasteiger partial charge in [0.05, 0.1) is 6.54 Å². The molecule has 130 valence electrons. The van der Waals surface area contributed by atoms with E-state index in [1.807, 2.05) is 13.8 Å². The van der Waals surface area contributed by atoms with Crippen molar-refractivity contribution in [3.05, 3.63) is 0 Å².